The summed E-state index contributed by atoms with van der Waals surface area (Å²) in [5, 5.41) is 3.28. The second-order valence-corrected chi connectivity index (χ2v) is 7.62. The van der Waals surface area contributed by atoms with Gasteiger partial charge in [-0.2, -0.15) is 0 Å². The van der Waals surface area contributed by atoms with Crippen LogP contribution in [0.4, 0.5) is 11.4 Å². The van der Waals surface area contributed by atoms with E-state index < -0.39 is 15.8 Å². The van der Waals surface area contributed by atoms with Gasteiger partial charge in [0.25, 0.3) is 0 Å². The summed E-state index contributed by atoms with van der Waals surface area (Å²) < 4.78 is 27.6. The predicted molar refractivity (Wildman–Crippen MR) is 82.2 cm³/mol. The molecule has 3 N–H and O–H groups in total. The number of hydrogen-bond acceptors (Lipinski definition) is 6. The van der Waals surface area contributed by atoms with E-state index in [0.717, 1.165) is 11.3 Å². The van der Waals surface area contributed by atoms with Crippen molar-refractivity contribution in [1.29, 1.82) is 0 Å². The van der Waals surface area contributed by atoms with Gasteiger partial charge in [0, 0.05) is 17.4 Å². The van der Waals surface area contributed by atoms with E-state index in [1.807, 2.05) is 13.0 Å². The molecule has 0 radical (unpaired) electrons. The number of nitrogen functional groups attached to an aromatic ring is 1. The molecule has 1 aliphatic heterocycles. The zero-order valence-electron chi connectivity index (χ0n) is 12.2. The molecule has 0 aliphatic carbocycles. The van der Waals surface area contributed by atoms with Gasteiger partial charge < -0.3 is 15.8 Å². The Balaban J connectivity index is 2.18. The Bertz CT molecular complexity index is 641. The molecule has 1 aromatic carbocycles. The minimum absolute atomic E-state index is 0.0852. The van der Waals surface area contributed by atoms with Gasteiger partial charge in [-0.1, -0.05) is 0 Å². The van der Waals surface area contributed by atoms with E-state index in [1.54, 1.807) is 6.07 Å². The molecule has 0 amide bonds. The van der Waals surface area contributed by atoms with Gasteiger partial charge in [0.15, 0.2) is 0 Å². The van der Waals surface area contributed by atoms with Gasteiger partial charge in [0.05, 0.1) is 24.2 Å². The van der Waals surface area contributed by atoms with Crippen LogP contribution in [-0.2, 0) is 14.6 Å². The molecule has 1 saturated heterocycles. The van der Waals surface area contributed by atoms with Gasteiger partial charge in [-0.25, -0.2) is 13.2 Å². The van der Waals surface area contributed by atoms with Gasteiger partial charge in [0.1, 0.15) is 9.84 Å². The number of esters is 1. The van der Waals surface area contributed by atoms with Crippen molar-refractivity contribution < 1.29 is 17.9 Å². The molecule has 0 aromatic heterocycles. The van der Waals surface area contributed by atoms with Crippen LogP contribution in [0.15, 0.2) is 12.1 Å². The summed E-state index contributed by atoms with van der Waals surface area (Å²) in [6.45, 7) is 1.82. The van der Waals surface area contributed by atoms with E-state index in [-0.39, 0.29) is 17.5 Å². The second-order valence-electron chi connectivity index (χ2n) is 5.32. The smallest absolute Gasteiger partial charge is 0.340 e. The molecule has 1 fully saturated rings. The largest absolute Gasteiger partial charge is 0.465 e. The third-order valence-corrected chi connectivity index (χ3v) is 5.43. The Kier molecular flexibility index (Phi) is 4.41. The average Bonchev–Trinajstić information content (AvgIpc) is 2.44. The van der Waals surface area contributed by atoms with Crippen molar-refractivity contribution in [2.24, 2.45) is 0 Å². The van der Waals surface area contributed by atoms with Crippen LogP contribution < -0.4 is 11.1 Å². The molecule has 0 unspecified atom stereocenters. The maximum absolute atomic E-state index is 11.7. The van der Waals surface area contributed by atoms with Crippen molar-refractivity contribution in [2.45, 2.75) is 25.8 Å². The number of carbonyl (C=O) groups is 1. The molecule has 6 nitrogen and oxygen atoms in total. The fourth-order valence-electron chi connectivity index (χ4n) is 2.43. The van der Waals surface area contributed by atoms with Crippen LogP contribution in [-0.4, -0.2) is 39.0 Å². The standard InChI is InChI=1S/C14H20N2O4S/c1-9-7-11(8-12(13(9)15)14(17)20-2)16-10-3-5-21(18,19)6-4-10/h7-8,10,16H,3-6,15H2,1-2H3. The first-order valence-corrected chi connectivity index (χ1v) is 8.60. The average molecular weight is 312 g/mol. The fraction of sp³-hybridized carbons (Fsp3) is 0.500. The highest BCUT2D eigenvalue weighted by molar-refractivity contribution is 7.91. The Hall–Kier alpha value is -1.76. The number of rotatable bonds is 3. The summed E-state index contributed by atoms with van der Waals surface area (Å²) >= 11 is 0. The van der Waals surface area contributed by atoms with Gasteiger partial charge in [-0.3, -0.25) is 0 Å². The SMILES string of the molecule is COC(=O)c1cc(NC2CCS(=O)(=O)CC2)cc(C)c1N. The molecule has 116 valence electrons. The van der Waals surface area contributed by atoms with E-state index in [2.05, 4.69) is 5.32 Å². The zero-order chi connectivity index (χ0) is 15.6. The Morgan fingerprint density at radius 1 is 1.33 bits per heavy atom. The highest BCUT2D eigenvalue weighted by Crippen LogP contribution is 2.25. The summed E-state index contributed by atoms with van der Waals surface area (Å²) in [5.41, 5.74) is 8.15. The van der Waals surface area contributed by atoms with Gasteiger partial charge in [0.2, 0.25) is 0 Å². The number of nitrogens with one attached hydrogen (secondary N) is 1. The number of nitrogens with two attached hydrogens (primary N) is 1. The molecule has 2 rings (SSSR count). The van der Waals surface area contributed by atoms with Crippen molar-refractivity contribution in [3.8, 4) is 0 Å². The Labute approximate surface area is 124 Å². The lowest BCUT2D eigenvalue weighted by Crippen LogP contribution is -2.32. The van der Waals surface area contributed by atoms with Crippen LogP contribution in [0, 0.1) is 6.92 Å². The number of anilines is 2. The van der Waals surface area contributed by atoms with Gasteiger partial charge in [-0.15, -0.1) is 0 Å². The molecule has 0 atom stereocenters. The third kappa shape index (κ3) is 3.66. The second kappa shape index (κ2) is 5.93. The maximum Gasteiger partial charge on any atom is 0.340 e. The van der Waals surface area contributed by atoms with E-state index in [4.69, 9.17) is 10.5 Å². The lowest BCUT2D eigenvalue weighted by molar-refractivity contribution is 0.0602. The molecule has 0 bridgehead atoms. The first kappa shape index (κ1) is 15.6. The summed E-state index contributed by atoms with van der Waals surface area (Å²) in [4.78, 5) is 11.7. The molecule has 1 aromatic rings. The lowest BCUT2D eigenvalue weighted by Gasteiger charge is -2.24. The van der Waals surface area contributed by atoms with Crippen molar-refractivity contribution >= 4 is 27.2 Å². The van der Waals surface area contributed by atoms with Gasteiger partial charge >= 0.3 is 5.97 Å². The normalized spacial score (nSPS) is 18.2. The fourth-order valence-corrected chi connectivity index (χ4v) is 3.92. The van der Waals surface area contributed by atoms with Crippen molar-refractivity contribution in [2.75, 3.05) is 29.7 Å². The number of aryl methyl sites for hydroxylation is 1. The van der Waals surface area contributed by atoms with Crippen LogP contribution in [0.1, 0.15) is 28.8 Å². The quantitative estimate of drug-likeness (QED) is 0.646. The van der Waals surface area contributed by atoms with E-state index >= 15 is 0 Å². The van der Waals surface area contributed by atoms with E-state index in [0.29, 0.717) is 24.1 Å². The molecule has 1 aliphatic rings. The molecule has 7 heteroatoms. The highest BCUT2D eigenvalue weighted by Gasteiger charge is 2.24. The van der Waals surface area contributed by atoms with Crippen LogP contribution >= 0.6 is 0 Å². The topological polar surface area (TPSA) is 98.5 Å². The van der Waals surface area contributed by atoms with E-state index in [9.17, 15) is 13.2 Å². The maximum atomic E-state index is 11.7. The molecular formula is C14H20N2O4S. The summed E-state index contributed by atoms with van der Waals surface area (Å²) in [5.74, 6) is -0.0872. The van der Waals surface area contributed by atoms with E-state index in [1.165, 1.54) is 7.11 Å². The van der Waals surface area contributed by atoms with Crippen molar-refractivity contribution in [1.82, 2.24) is 0 Å². The number of methoxy groups -OCH3 is 1. The number of ether oxygens (including phenoxy) is 1. The van der Waals surface area contributed by atoms with Crippen LogP contribution in [0.3, 0.4) is 0 Å². The molecule has 21 heavy (non-hydrogen) atoms. The summed E-state index contributed by atoms with van der Waals surface area (Å²) in [6.07, 6.45) is 1.14. The third-order valence-electron chi connectivity index (χ3n) is 3.72. The zero-order valence-corrected chi connectivity index (χ0v) is 13.0. The number of benzene rings is 1. The molecule has 0 saturated carbocycles. The monoisotopic (exact) mass is 312 g/mol. The highest BCUT2D eigenvalue weighted by atomic mass is 32.2. The Morgan fingerprint density at radius 3 is 2.52 bits per heavy atom. The molecule has 1 heterocycles. The number of carbonyl (C=O) groups excluding carboxylic acids is 1. The van der Waals surface area contributed by atoms with Crippen LogP contribution in [0.5, 0.6) is 0 Å². The Morgan fingerprint density at radius 2 is 1.95 bits per heavy atom. The van der Waals surface area contributed by atoms with Crippen LogP contribution in [0.25, 0.3) is 0 Å². The first-order valence-electron chi connectivity index (χ1n) is 6.78. The van der Waals surface area contributed by atoms with Crippen molar-refractivity contribution in [3.05, 3.63) is 23.3 Å². The lowest BCUT2D eigenvalue weighted by atomic mass is 10.1. The molecule has 0 spiro atoms. The molecular weight excluding hydrogens is 292 g/mol. The first-order chi connectivity index (χ1) is 9.82. The van der Waals surface area contributed by atoms with Gasteiger partial charge in [-0.05, 0) is 37.5 Å². The minimum Gasteiger partial charge on any atom is -0.465 e. The van der Waals surface area contributed by atoms with Crippen molar-refractivity contribution in [3.63, 3.8) is 0 Å². The van der Waals surface area contributed by atoms with Crippen LogP contribution in [0.2, 0.25) is 0 Å². The predicted octanol–water partition coefficient (Wildman–Crippen LogP) is 1.35. The summed E-state index contributed by atoms with van der Waals surface area (Å²) in [6, 6.07) is 3.59. The minimum atomic E-state index is -2.88. The number of hydrogen-bond donors (Lipinski definition) is 2. The summed E-state index contributed by atoms with van der Waals surface area (Å²) in [7, 11) is -1.57. The number of sulfone groups is 1.